The van der Waals surface area contributed by atoms with E-state index in [2.05, 4.69) is 5.32 Å². The third-order valence-corrected chi connectivity index (χ3v) is 4.82. The summed E-state index contributed by atoms with van der Waals surface area (Å²) in [5.41, 5.74) is 0.766. The Morgan fingerprint density at radius 3 is 2.58 bits per heavy atom. The van der Waals surface area contributed by atoms with E-state index < -0.39 is 11.6 Å². The highest BCUT2D eigenvalue weighted by Crippen LogP contribution is 2.37. The van der Waals surface area contributed by atoms with Gasteiger partial charge in [-0.25, -0.2) is 9.59 Å². The Bertz CT molecular complexity index is 1250. The van der Waals surface area contributed by atoms with Crippen molar-refractivity contribution in [2.45, 2.75) is 27.4 Å². The molecule has 1 amide bonds. The topological polar surface area (TPSA) is 104 Å². The second kappa shape index (κ2) is 10.4. The van der Waals surface area contributed by atoms with Crippen LogP contribution in [0.2, 0.25) is 5.02 Å². The number of esters is 1. The van der Waals surface area contributed by atoms with Crippen molar-refractivity contribution < 1.29 is 28.2 Å². The first-order chi connectivity index (χ1) is 15.7. The van der Waals surface area contributed by atoms with E-state index in [1.165, 1.54) is 38.3 Å². The number of carbonyl (C=O) groups is 2. The summed E-state index contributed by atoms with van der Waals surface area (Å²) in [7, 11) is 1.45. The Labute approximate surface area is 195 Å². The third-order valence-electron chi connectivity index (χ3n) is 4.54. The Hall–Kier alpha value is -3.52. The average molecular weight is 474 g/mol. The fourth-order valence-electron chi connectivity index (χ4n) is 3.08. The zero-order chi connectivity index (χ0) is 24.1. The van der Waals surface area contributed by atoms with Crippen LogP contribution in [0.4, 0.5) is 5.69 Å². The second-order valence-electron chi connectivity index (χ2n) is 7.75. The number of anilines is 1. The molecule has 0 aliphatic carbocycles. The van der Waals surface area contributed by atoms with E-state index in [1.807, 2.05) is 13.8 Å². The lowest BCUT2D eigenvalue weighted by atomic mass is 10.1. The van der Waals surface area contributed by atoms with E-state index >= 15 is 0 Å². The zero-order valence-corrected chi connectivity index (χ0v) is 19.4. The molecule has 33 heavy (non-hydrogen) atoms. The van der Waals surface area contributed by atoms with Crippen LogP contribution in [0.1, 0.15) is 36.7 Å². The van der Waals surface area contributed by atoms with Gasteiger partial charge in [-0.05, 0) is 30.2 Å². The summed E-state index contributed by atoms with van der Waals surface area (Å²) in [5, 5.41) is 3.42. The number of hydrogen-bond donors (Lipinski definition) is 1. The Morgan fingerprint density at radius 1 is 1.15 bits per heavy atom. The second-order valence-corrected chi connectivity index (χ2v) is 8.16. The van der Waals surface area contributed by atoms with Gasteiger partial charge in [0.2, 0.25) is 5.91 Å². The summed E-state index contributed by atoms with van der Waals surface area (Å²) in [6.07, 6.45) is 0. The lowest BCUT2D eigenvalue weighted by Crippen LogP contribution is -2.10. The van der Waals surface area contributed by atoms with Crippen LogP contribution in [0, 0.1) is 5.92 Å². The van der Waals surface area contributed by atoms with Crippen molar-refractivity contribution in [1.29, 1.82) is 0 Å². The number of ether oxygens (including phenoxy) is 3. The van der Waals surface area contributed by atoms with Crippen LogP contribution in [-0.4, -0.2) is 25.6 Å². The van der Waals surface area contributed by atoms with Crippen LogP contribution >= 0.6 is 11.6 Å². The number of nitrogens with one attached hydrogen (secondary N) is 1. The number of amides is 1. The molecule has 3 rings (SSSR count). The highest BCUT2D eigenvalue weighted by atomic mass is 35.5. The summed E-state index contributed by atoms with van der Waals surface area (Å²) in [5.74, 6) is 0.0406. The molecule has 174 valence electrons. The van der Waals surface area contributed by atoms with Gasteiger partial charge < -0.3 is 23.9 Å². The SMILES string of the molecule is COc1cc(C(=O)OCc2cc(=O)oc3cc(NC(C)=O)ccc23)cc(Cl)c1OCC(C)C. The fourth-order valence-corrected chi connectivity index (χ4v) is 3.35. The molecule has 1 heterocycles. The van der Waals surface area contributed by atoms with E-state index in [1.54, 1.807) is 12.1 Å². The minimum atomic E-state index is -0.651. The van der Waals surface area contributed by atoms with Crippen molar-refractivity contribution >= 4 is 40.1 Å². The molecule has 0 unspecified atom stereocenters. The molecule has 2 aromatic carbocycles. The van der Waals surface area contributed by atoms with Gasteiger partial charge in [0, 0.05) is 35.7 Å². The Balaban J connectivity index is 1.82. The van der Waals surface area contributed by atoms with E-state index in [0.29, 0.717) is 34.7 Å². The molecular weight excluding hydrogens is 450 g/mol. The first kappa shape index (κ1) is 24.1. The maximum atomic E-state index is 12.7. The molecule has 0 spiro atoms. The molecule has 0 aliphatic rings. The molecule has 9 heteroatoms. The molecule has 3 aromatic rings. The standard InChI is InChI=1S/C24H24ClNO7/c1-13(2)11-31-23-19(25)7-15(8-21(23)30-4)24(29)32-12-16-9-22(28)33-20-10-17(26-14(3)27)5-6-18(16)20/h5-10,13H,11-12H2,1-4H3,(H,26,27). The molecule has 8 nitrogen and oxygen atoms in total. The molecule has 0 saturated heterocycles. The van der Waals surface area contributed by atoms with E-state index in [4.69, 9.17) is 30.2 Å². The number of methoxy groups -OCH3 is 1. The highest BCUT2D eigenvalue weighted by Gasteiger charge is 2.18. The summed E-state index contributed by atoms with van der Waals surface area (Å²) >= 11 is 6.31. The lowest BCUT2D eigenvalue weighted by Gasteiger charge is -2.15. The molecular formula is C24H24ClNO7. The highest BCUT2D eigenvalue weighted by molar-refractivity contribution is 6.32. The van der Waals surface area contributed by atoms with Crippen molar-refractivity contribution in [2.75, 3.05) is 19.0 Å². The predicted molar refractivity (Wildman–Crippen MR) is 124 cm³/mol. The smallest absolute Gasteiger partial charge is 0.338 e. The molecule has 0 bridgehead atoms. The van der Waals surface area contributed by atoms with E-state index in [0.717, 1.165) is 0 Å². The summed E-state index contributed by atoms with van der Waals surface area (Å²) < 4.78 is 21.7. The molecule has 0 atom stereocenters. The van der Waals surface area contributed by atoms with Crippen molar-refractivity contribution in [2.24, 2.45) is 5.92 Å². The minimum Gasteiger partial charge on any atom is -0.493 e. The van der Waals surface area contributed by atoms with Crippen molar-refractivity contribution in [1.82, 2.24) is 0 Å². The first-order valence-corrected chi connectivity index (χ1v) is 10.6. The van der Waals surface area contributed by atoms with Gasteiger partial charge in [0.1, 0.15) is 12.2 Å². The number of benzene rings is 2. The van der Waals surface area contributed by atoms with Crippen LogP contribution < -0.4 is 20.4 Å². The largest absolute Gasteiger partial charge is 0.493 e. The monoisotopic (exact) mass is 473 g/mol. The van der Waals surface area contributed by atoms with Crippen molar-refractivity contribution in [3.8, 4) is 11.5 Å². The number of halogens is 1. The zero-order valence-electron chi connectivity index (χ0n) is 18.7. The van der Waals surface area contributed by atoms with Crippen LogP contribution in [0.25, 0.3) is 11.0 Å². The maximum Gasteiger partial charge on any atom is 0.338 e. The first-order valence-electron chi connectivity index (χ1n) is 10.2. The molecule has 0 fully saturated rings. The summed E-state index contributed by atoms with van der Waals surface area (Å²) in [6.45, 7) is 5.64. The van der Waals surface area contributed by atoms with E-state index in [-0.39, 0.29) is 34.6 Å². The third kappa shape index (κ3) is 6.04. The van der Waals surface area contributed by atoms with Gasteiger partial charge in [0.15, 0.2) is 11.5 Å². The van der Waals surface area contributed by atoms with Gasteiger partial charge in [-0.3, -0.25) is 4.79 Å². The number of rotatable bonds is 8. The Kier molecular flexibility index (Phi) is 7.60. The number of carbonyl (C=O) groups excluding carboxylic acids is 2. The van der Waals surface area contributed by atoms with Gasteiger partial charge in [-0.1, -0.05) is 25.4 Å². The van der Waals surface area contributed by atoms with Gasteiger partial charge in [-0.15, -0.1) is 0 Å². The molecule has 1 N–H and O–H groups in total. The summed E-state index contributed by atoms with van der Waals surface area (Å²) in [4.78, 5) is 35.9. The van der Waals surface area contributed by atoms with Crippen molar-refractivity contribution in [3.63, 3.8) is 0 Å². The van der Waals surface area contributed by atoms with Gasteiger partial charge in [0.25, 0.3) is 0 Å². The van der Waals surface area contributed by atoms with Gasteiger partial charge >= 0.3 is 11.6 Å². The van der Waals surface area contributed by atoms with Crippen molar-refractivity contribution in [3.05, 3.63) is 63.0 Å². The fraction of sp³-hybridized carbons (Fsp3) is 0.292. The van der Waals surface area contributed by atoms with E-state index in [9.17, 15) is 14.4 Å². The lowest BCUT2D eigenvalue weighted by molar-refractivity contribution is -0.114. The molecule has 0 radical (unpaired) electrons. The quantitative estimate of drug-likeness (QED) is 0.370. The van der Waals surface area contributed by atoms with Gasteiger partial charge in [-0.2, -0.15) is 0 Å². The number of fused-ring (bicyclic) bond motifs is 1. The average Bonchev–Trinajstić information content (AvgIpc) is 2.74. The molecule has 1 aromatic heterocycles. The predicted octanol–water partition coefficient (Wildman–Crippen LogP) is 4.81. The van der Waals surface area contributed by atoms with Crippen LogP contribution in [-0.2, 0) is 16.1 Å². The van der Waals surface area contributed by atoms with Crippen LogP contribution in [0.15, 0.2) is 45.6 Å². The minimum absolute atomic E-state index is 0.175. The van der Waals surface area contributed by atoms with Crippen LogP contribution in [0.3, 0.4) is 0 Å². The molecule has 0 aliphatic heterocycles. The Morgan fingerprint density at radius 2 is 1.91 bits per heavy atom. The maximum absolute atomic E-state index is 12.7. The summed E-state index contributed by atoms with van der Waals surface area (Å²) in [6, 6.07) is 9.05. The van der Waals surface area contributed by atoms with Gasteiger partial charge in [0.05, 0.1) is 24.3 Å². The van der Waals surface area contributed by atoms with Crippen LogP contribution in [0.5, 0.6) is 11.5 Å². The molecule has 0 saturated carbocycles. The normalized spacial score (nSPS) is 10.8. The number of hydrogen-bond acceptors (Lipinski definition) is 7.